The van der Waals surface area contributed by atoms with E-state index in [0.29, 0.717) is 17.9 Å². The Balaban J connectivity index is 2.30. The number of benzene rings is 1. The maximum Gasteiger partial charge on any atom is 0.270 e. The van der Waals surface area contributed by atoms with Crippen LogP contribution < -0.4 is 4.74 Å². The zero-order chi connectivity index (χ0) is 16.2. The van der Waals surface area contributed by atoms with E-state index in [9.17, 15) is 10.1 Å². The molecular formula is C15H16N2O3SSi. The number of rotatable bonds is 4. The second-order valence-corrected chi connectivity index (χ2v) is 11.2. The molecule has 1 aromatic carbocycles. The third-order valence-corrected chi connectivity index (χ3v) is 4.12. The number of thiazole rings is 1. The van der Waals surface area contributed by atoms with Crippen molar-refractivity contribution in [3.05, 3.63) is 50.5 Å². The van der Waals surface area contributed by atoms with Gasteiger partial charge in [-0.3, -0.25) is 10.1 Å². The van der Waals surface area contributed by atoms with Crippen molar-refractivity contribution >= 4 is 25.1 Å². The molecule has 0 unspecified atom stereocenters. The van der Waals surface area contributed by atoms with E-state index in [1.807, 2.05) is 5.38 Å². The van der Waals surface area contributed by atoms with Gasteiger partial charge < -0.3 is 4.74 Å². The van der Waals surface area contributed by atoms with E-state index in [1.54, 1.807) is 11.6 Å². The summed E-state index contributed by atoms with van der Waals surface area (Å²) in [6.45, 7) is 6.68. The number of aromatic nitrogens is 1. The topological polar surface area (TPSA) is 65.3 Å². The summed E-state index contributed by atoms with van der Waals surface area (Å²) in [7, 11) is -1.58. The minimum atomic E-state index is -1.58. The Labute approximate surface area is 134 Å². The summed E-state index contributed by atoms with van der Waals surface area (Å²) >= 11 is 1.50. The molecule has 0 aliphatic heterocycles. The number of hydrogen-bond acceptors (Lipinski definition) is 5. The molecule has 0 aliphatic carbocycles. The lowest BCUT2D eigenvalue weighted by atomic mass is 10.2. The summed E-state index contributed by atoms with van der Waals surface area (Å²) in [6.07, 6.45) is 0. The van der Waals surface area contributed by atoms with Gasteiger partial charge in [-0.15, -0.1) is 16.9 Å². The monoisotopic (exact) mass is 332 g/mol. The van der Waals surface area contributed by atoms with Crippen molar-refractivity contribution in [3.63, 3.8) is 0 Å². The molecule has 2 aromatic rings. The van der Waals surface area contributed by atoms with Crippen LogP contribution in [-0.4, -0.2) is 18.0 Å². The average Bonchev–Trinajstić information content (AvgIpc) is 2.95. The average molecular weight is 332 g/mol. The van der Waals surface area contributed by atoms with Gasteiger partial charge in [0.15, 0.2) is 0 Å². The summed E-state index contributed by atoms with van der Waals surface area (Å²) in [4.78, 5) is 14.6. The molecule has 0 bridgehead atoms. The van der Waals surface area contributed by atoms with Gasteiger partial charge >= 0.3 is 0 Å². The van der Waals surface area contributed by atoms with Crippen LogP contribution in [0.25, 0.3) is 0 Å². The van der Waals surface area contributed by atoms with Gasteiger partial charge in [0.1, 0.15) is 20.4 Å². The Morgan fingerprint density at radius 2 is 2.18 bits per heavy atom. The second-order valence-electron chi connectivity index (χ2n) is 5.71. The van der Waals surface area contributed by atoms with Gasteiger partial charge in [0.2, 0.25) is 0 Å². The molecule has 0 atom stereocenters. The Morgan fingerprint density at radius 3 is 2.77 bits per heavy atom. The first-order valence-electron chi connectivity index (χ1n) is 6.67. The fraction of sp³-hybridized carbons (Fsp3) is 0.267. The van der Waals surface area contributed by atoms with Crippen molar-refractivity contribution in [2.45, 2.75) is 26.2 Å². The van der Waals surface area contributed by atoms with Crippen molar-refractivity contribution in [3.8, 4) is 17.2 Å². The van der Waals surface area contributed by atoms with Crippen LogP contribution in [0, 0.1) is 21.6 Å². The van der Waals surface area contributed by atoms with Crippen LogP contribution in [-0.2, 0) is 6.61 Å². The number of nitro groups is 1. The Hall–Kier alpha value is -2.17. The van der Waals surface area contributed by atoms with Gasteiger partial charge in [-0.05, 0) is 6.07 Å². The van der Waals surface area contributed by atoms with E-state index in [0.717, 1.165) is 5.69 Å². The molecule has 1 heterocycles. The molecule has 5 nitrogen and oxygen atoms in total. The Morgan fingerprint density at radius 1 is 1.41 bits per heavy atom. The maximum atomic E-state index is 10.9. The SMILES string of the molecule is C[Si](C)(C)C#Cc1cc([N+](=O)[O-])ccc1OCc1cscn1. The first-order valence-corrected chi connectivity index (χ1v) is 11.1. The van der Waals surface area contributed by atoms with Crippen molar-refractivity contribution in [1.82, 2.24) is 4.98 Å². The van der Waals surface area contributed by atoms with Crippen LogP contribution in [0.2, 0.25) is 19.6 Å². The molecule has 0 fully saturated rings. The fourth-order valence-electron chi connectivity index (χ4n) is 1.57. The summed E-state index contributed by atoms with van der Waals surface area (Å²) in [6, 6.07) is 4.48. The van der Waals surface area contributed by atoms with Crippen molar-refractivity contribution in [1.29, 1.82) is 0 Å². The third-order valence-electron chi connectivity index (χ3n) is 2.61. The smallest absolute Gasteiger partial charge is 0.270 e. The van der Waals surface area contributed by atoms with E-state index in [1.165, 1.54) is 23.5 Å². The predicted molar refractivity (Wildman–Crippen MR) is 89.8 cm³/mol. The first-order chi connectivity index (χ1) is 10.3. The minimum Gasteiger partial charge on any atom is -0.486 e. The van der Waals surface area contributed by atoms with Gasteiger partial charge in [-0.25, -0.2) is 4.98 Å². The van der Waals surface area contributed by atoms with Crippen LogP contribution in [0.1, 0.15) is 11.3 Å². The highest BCUT2D eigenvalue weighted by Crippen LogP contribution is 2.24. The Kier molecular flexibility index (Phi) is 4.95. The molecule has 0 amide bonds. The van der Waals surface area contributed by atoms with Crippen LogP contribution in [0.3, 0.4) is 0 Å². The van der Waals surface area contributed by atoms with E-state index in [4.69, 9.17) is 4.74 Å². The lowest BCUT2D eigenvalue weighted by Gasteiger charge is -2.08. The maximum absolute atomic E-state index is 10.9. The third kappa shape index (κ3) is 4.68. The van der Waals surface area contributed by atoms with Crippen LogP contribution in [0.5, 0.6) is 5.75 Å². The summed E-state index contributed by atoms with van der Waals surface area (Å²) in [5.41, 5.74) is 6.34. The van der Waals surface area contributed by atoms with E-state index < -0.39 is 13.0 Å². The van der Waals surface area contributed by atoms with E-state index in [2.05, 4.69) is 36.1 Å². The van der Waals surface area contributed by atoms with Gasteiger partial charge in [0.05, 0.1) is 21.7 Å². The van der Waals surface area contributed by atoms with E-state index in [-0.39, 0.29) is 5.69 Å². The largest absolute Gasteiger partial charge is 0.486 e. The zero-order valence-electron chi connectivity index (χ0n) is 12.6. The second kappa shape index (κ2) is 6.73. The van der Waals surface area contributed by atoms with Gasteiger partial charge in [0.25, 0.3) is 5.69 Å². The quantitative estimate of drug-likeness (QED) is 0.369. The lowest BCUT2D eigenvalue weighted by Crippen LogP contribution is -2.16. The minimum absolute atomic E-state index is 0.0147. The normalized spacial score (nSPS) is 10.7. The van der Waals surface area contributed by atoms with Crippen LogP contribution in [0.4, 0.5) is 5.69 Å². The number of nitro benzene ring substituents is 1. The van der Waals surface area contributed by atoms with Crippen LogP contribution >= 0.6 is 11.3 Å². The highest BCUT2D eigenvalue weighted by molar-refractivity contribution is 7.07. The summed E-state index contributed by atoms with van der Waals surface area (Å²) < 4.78 is 5.72. The fourth-order valence-corrected chi connectivity index (χ4v) is 2.62. The molecular weight excluding hydrogens is 316 g/mol. The molecule has 22 heavy (non-hydrogen) atoms. The first kappa shape index (κ1) is 16.2. The number of non-ortho nitro benzene ring substituents is 1. The van der Waals surface area contributed by atoms with Crippen LogP contribution in [0.15, 0.2) is 29.1 Å². The predicted octanol–water partition coefficient (Wildman–Crippen LogP) is 3.86. The molecule has 0 aliphatic rings. The molecule has 114 valence electrons. The Bertz CT molecular complexity index is 727. The highest BCUT2D eigenvalue weighted by Gasteiger charge is 2.13. The lowest BCUT2D eigenvalue weighted by molar-refractivity contribution is -0.384. The van der Waals surface area contributed by atoms with Gasteiger partial charge in [0, 0.05) is 17.5 Å². The molecule has 0 radical (unpaired) electrons. The standard InChI is InChI=1S/C15H16N2O3SSi/c1-22(2,3)7-6-12-8-14(17(18)19)4-5-15(12)20-9-13-10-21-11-16-13/h4-5,8,10-11H,9H2,1-3H3. The summed E-state index contributed by atoms with van der Waals surface area (Å²) in [5.74, 6) is 3.59. The van der Waals surface area contributed by atoms with Crippen molar-refractivity contribution in [2.75, 3.05) is 0 Å². The number of hydrogen-bond donors (Lipinski definition) is 0. The number of nitrogens with zero attached hydrogens (tertiary/aromatic N) is 2. The molecule has 7 heteroatoms. The molecule has 0 saturated heterocycles. The molecule has 2 rings (SSSR count). The molecule has 0 saturated carbocycles. The summed E-state index contributed by atoms with van der Waals surface area (Å²) in [5, 5.41) is 12.8. The van der Waals surface area contributed by atoms with Crippen molar-refractivity contribution < 1.29 is 9.66 Å². The highest BCUT2D eigenvalue weighted by atomic mass is 32.1. The molecule has 0 N–H and O–H groups in total. The van der Waals surface area contributed by atoms with Gasteiger partial charge in [-0.2, -0.15) is 0 Å². The van der Waals surface area contributed by atoms with Gasteiger partial charge in [-0.1, -0.05) is 25.6 Å². The number of ether oxygens (including phenoxy) is 1. The van der Waals surface area contributed by atoms with E-state index >= 15 is 0 Å². The van der Waals surface area contributed by atoms with Crippen molar-refractivity contribution in [2.24, 2.45) is 0 Å². The zero-order valence-corrected chi connectivity index (χ0v) is 14.4. The molecule has 1 aromatic heterocycles. The molecule has 0 spiro atoms.